The van der Waals surface area contributed by atoms with Crippen molar-refractivity contribution in [3.8, 4) is 17.2 Å². The zero-order chi connectivity index (χ0) is 13.0. The summed E-state index contributed by atoms with van der Waals surface area (Å²) in [4.78, 5) is 2.10. The third kappa shape index (κ3) is 2.82. The van der Waals surface area contributed by atoms with Crippen LogP contribution in [0.4, 0.5) is 0 Å². The van der Waals surface area contributed by atoms with Gasteiger partial charge < -0.3 is 19.1 Å². The smallest absolute Gasteiger partial charge is 0.131 e. The molecule has 96 valence electrons. The molecule has 0 aliphatic heterocycles. The first kappa shape index (κ1) is 13.6. The summed E-state index contributed by atoms with van der Waals surface area (Å²) in [6.07, 6.45) is 0. The molecule has 0 aliphatic carbocycles. The molecule has 0 aromatic heterocycles. The van der Waals surface area contributed by atoms with E-state index in [1.807, 2.05) is 26.2 Å². The van der Waals surface area contributed by atoms with Gasteiger partial charge in [0.2, 0.25) is 0 Å². The van der Waals surface area contributed by atoms with Gasteiger partial charge in [-0.2, -0.15) is 0 Å². The number of benzene rings is 1. The Balaban J connectivity index is 3.34. The summed E-state index contributed by atoms with van der Waals surface area (Å²) in [6.45, 7) is 2.10. The van der Waals surface area contributed by atoms with Crippen LogP contribution in [0, 0.1) is 0 Å². The monoisotopic (exact) mass is 239 g/mol. The molecule has 0 saturated heterocycles. The standard InChI is InChI=1S/C13H21NO3/c1-9(14(2)3)13-11(16-5)7-10(15-4)8-12(13)17-6/h7-9H,1-6H3. The van der Waals surface area contributed by atoms with Crippen molar-refractivity contribution in [3.63, 3.8) is 0 Å². The average molecular weight is 239 g/mol. The van der Waals surface area contributed by atoms with Crippen molar-refractivity contribution in [3.05, 3.63) is 17.7 Å². The van der Waals surface area contributed by atoms with Crippen LogP contribution in [0.2, 0.25) is 0 Å². The quantitative estimate of drug-likeness (QED) is 0.789. The highest BCUT2D eigenvalue weighted by molar-refractivity contribution is 5.52. The molecule has 0 bridgehead atoms. The zero-order valence-corrected chi connectivity index (χ0v) is 11.4. The second-order valence-electron chi connectivity index (χ2n) is 4.09. The molecule has 4 heteroatoms. The minimum absolute atomic E-state index is 0.200. The van der Waals surface area contributed by atoms with Gasteiger partial charge in [-0.25, -0.2) is 0 Å². The van der Waals surface area contributed by atoms with Crippen LogP contribution in [0.5, 0.6) is 17.2 Å². The van der Waals surface area contributed by atoms with Crippen molar-refractivity contribution in [1.29, 1.82) is 0 Å². The van der Waals surface area contributed by atoms with Gasteiger partial charge in [0.05, 0.1) is 26.9 Å². The second kappa shape index (κ2) is 5.77. The van der Waals surface area contributed by atoms with E-state index in [0.29, 0.717) is 0 Å². The molecule has 0 saturated carbocycles. The summed E-state index contributed by atoms with van der Waals surface area (Å²) in [5.74, 6) is 2.29. The molecule has 1 aromatic rings. The Kier molecular flexibility index (Phi) is 4.63. The highest BCUT2D eigenvalue weighted by Crippen LogP contribution is 2.39. The van der Waals surface area contributed by atoms with E-state index in [2.05, 4.69) is 11.8 Å². The van der Waals surface area contributed by atoms with E-state index in [9.17, 15) is 0 Å². The summed E-state index contributed by atoms with van der Waals surface area (Å²) >= 11 is 0. The van der Waals surface area contributed by atoms with Crippen LogP contribution in [0.15, 0.2) is 12.1 Å². The molecular weight excluding hydrogens is 218 g/mol. The summed E-state index contributed by atoms with van der Waals surface area (Å²) < 4.78 is 16.1. The van der Waals surface area contributed by atoms with E-state index < -0.39 is 0 Å². The fraction of sp³-hybridized carbons (Fsp3) is 0.538. The molecule has 0 heterocycles. The van der Waals surface area contributed by atoms with E-state index >= 15 is 0 Å². The molecule has 17 heavy (non-hydrogen) atoms. The Morgan fingerprint density at radius 3 is 1.71 bits per heavy atom. The summed E-state index contributed by atoms with van der Waals surface area (Å²) in [7, 11) is 8.98. The van der Waals surface area contributed by atoms with Crippen molar-refractivity contribution in [1.82, 2.24) is 4.90 Å². The fourth-order valence-electron chi connectivity index (χ4n) is 1.70. The SMILES string of the molecule is COc1cc(OC)c(C(C)N(C)C)c(OC)c1. The van der Waals surface area contributed by atoms with Gasteiger partial charge in [0.25, 0.3) is 0 Å². The Labute approximate surface area is 103 Å². The molecule has 1 aromatic carbocycles. The first-order chi connectivity index (χ1) is 8.04. The predicted molar refractivity (Wildman–Crippen MR) is 68.2 cm³/mol. The van der Waals surface area contributed by atoms with Crippen LogP contribution in [0.1, 0.15) is 18.5 Å². The minimum atomic E-state index is 0.200. The molecule has 0 spiro atoms. The molecular formula is C13H21NO3. The number of nitrogens with zero attached hydrogens (tertiary/aromatic N) is 1. The summed E-state index contributed by atoms with van der Waals surface area (Å²) in [5.41, 5.74) is 1.03. The molecule has 0 amide bonds. The Morgan fingerprint density at radius 1 is 0.941 bits per heavy atom. The van der Waals surface area contributed by atoms with Gasteiger partial charge in [-0.1, -0.05) is 0 Å². The fourth-order valence-corrected chi connectivity index (χ4v) is 1.70. The predicted octanol–water partition coefficient (Wildman–Crippen LogP) is 2.33. The first-order valence-electron chi connectivity index (χ1n) is 5.51. The van der Waals surface area contributed by atoms with E-state index in [-0.39, 0.29) is 6.04 Å². The van der Waals surface area contributed by atoms with Gasteiger partial charge >= 0.3 is 0 Å². The Morgan fingerprint density at radius 2 is 1.41 bits per heavy atom. The van der Waals surface area contributed by atoms with Crippen molar-refractivity contribution in [2.24, 2.45) is 0 Å². The Hall–Kier alpha value is -1.42. The van der Waals surface area contributed by atoms with Crippen LogP contribution in [-0.4, -0.2) is 40.3 Å². The van der Waals surface area contributed by atoms with E-state index in [1.54, 1.807) is 21.3 Å². The van der Waals surface area contributed by atoms with Crippen LogP contribution in [0.25, 0.3) is 0 Å². The first-order valence-corrected chi connectivity index (χ1v) is 5.51. The summed E-state index contributed by atoms with van der Waals surface area (Å²) in [5, 5.41) is 0. The van der Waals surface area contributed by atoms with Crippen LogP contribution < -0.4 is 14.2 Å². The third-order valence-corrected chi connectivity index (χ3v) is 2.95. The lowest BCUT2D eigenvalue weighted by Crippen LogP contribution is -2.18. The van der Waals surface area contributed by atoms with Crippen molar-refractivity contribution >= 4 is 0 Å². The molecule has 0 N–H and O–H groups in total. The van der Waals surface area contributed by atoms with Crippen LogP contribution >= 0.6 is 0 Å². The summed E-state index contributed by atoms with van der Waals surface area (Å²) in [6, 6.07) is 3.95. The minimum Gasteiger partial charge on any atom is -0.496 e. The number of hydrogen-bond donors (Lipinski definition) is 0. The highest BCUT2D eigenvalue weighted by Gasteiger charge is 2.20. The molecule has 0 fully saturated rings. The topological polar surface area (TPSA) is 30.9 Å². The van der Waals surface area contributed by atoms with E-state index in [0.717, 1.165) is 22.8 Å². The number of methoxy groups -OCH3 is 3. The average Bonchev–Trinajstić information content (AvgIpc) is 2.35. The van der Waals surface area contributed by atoms with Crippen LogP contribution in [0.3, 0.4) is 0 Å². The maximum absolute atomic E-state index is 5.41. The zero-order valence-electron chi connectivity index (χ0n) is 11.4. The molecule has 0 radical (unpaired) electrons. The van der Waals surface area contributed by atoms with Crippen molar-refractivity contribution in [2.75, 3.05) is 35.4 Å². The van der Waals surface area contributed by atoms with Crippen LogP contribution in [-0.2, 0) is 0 Å². The molecule has 1 atom stereocenters. The number of ether oxygens (including phenoxy) is 3. The molecule has 1 unspecified atom stereocenters. The van der Waals surface area contributed by atoms with Gasteiger partial charge in [0.15, 0.2) is 0 Å². The molecule has 0 aliphatic rings. The van der Waals surface area contributed by atoms with Gasteiger partial charge in [0.1, 0.15) is 17.2 Å². The van der Waals surface area contributed by atoms with Crippen molar-refractivity contribution in [2.45, 2.75) is 13.0 Å². The lowest BCUT2D eigenvalue weighted by molar-refractivity contribution is 0.293. The molecule has 1 rings (SSSR count). The largest absolute Gasteiger partial charge is 0.496 e. The normalized spacial score (nSPS) is 12.4. The highest BCUT2D eigenvalue weighted by atomic mass is 16.5. The van der Waals surface area contributed by atoms with E-state index in [4.69, 9.17) is 14.2 Å². The van der Waals surface area contributed by atoms with Crippen molar-refractivity contribution < 1.29 is 14.2 Å². The lowest BCUT2D eigenvalue weighted by Gasteiger charge is -2.24. The van der Waals surface area contributed by atoms with Gasteiger partial charge in [-0.05, 0) is 21.0 Å². The maximum atomic E-state index is 5.41. The van der Waals surface area contributed by atoms with E-state index in [1.165, 1.54) is 0 Å². The Bertz CT molecular complexity index is 352. The maximum Gasteiger partial charge on any atom is 0.131 e. The number of hydrogen-bond acceptors (Lipinski definition) is 4. The lowest BCUT2D eigenvalue weighted by atomic mass is 10.0. The van der Waals surface area contributed by atoms with Gasteiger partial charge in [-0.3, -0.25) is 0 Å². The number of rotatable bonds is 5. The second-order valence-corrected chi connectivity index (χ2v) is 4.09. The molecule has 4 nitrogen and oxygen atoms in total. The third-order valence-electron chi connectivity index (χ3n) is 2.95. The van der Waals surface area contributed by atoms with Gasteiger partial charge in [-0.15, -0.1) is 0 Å². The van der Waals surface area contributed by atoms with Gasteiger partial charge in [0, 0.05) is 18.2 Å².